The van der Waals surface area contributed by atoms with Crippen LogP contribution in [0.25, 0.3) is 0 Å². The van der Waals surface area contributed by atoms with Crippen LogP contribution in [0.5, 0.6) is 0 Å². The predicted molar refractivity (Wildman–Crippen MR) is 56.7 cm³/mol. The van der Waals surface area contributed by atoms with Gasteiger partial charge in [0.15, 0.2) is 0 Å². The van der Waals surface area contributed by atoms with Crippen LogP contribution in [0.3, 0.4) is 0 Å². The van der Waals surface area contributed by atoms with E-state index < -0.39 is 17.7 Å². The molecule has 0 saturated heterocycles. The Bertz CT molecular complexity index is 285. The van der Waals surface area contributed by atoms with Crippen molar-refractivity contribution in [3.63, 3.8) is 0 Å². The van der Waals surface area contributed by atoms with Gasteiger partial charge in [0.1, 0.15) is 0 Å². The fourth-order valence-corrected chi connectivity index (χ4v) is 2.08. The SMILES string of the molecule is CC1CCC(NC(C)(C(=O)O)C(F)(F)F)CC1. The van der Waals surface area contributed by atoms with E-state index in [4.69, 9.17) is 5.11 Å². The maximum absolute atomic E-state index is 12.7. The van der Waals surface area contributed by atoms with Gasteiger partial charge in [-0.1, -0.05) is 6.92 Å². The normalized spacial score (nSPS) is 29.7. The van der Waals surface area contributed by atoms with E-state index in [1.807, 2.05) is 0 Å². The number of halogens is 3. The van der Waals surface area contributed by atoms with Crippen molar-refractivity contribution in [1.29, 1.82) is 0 Å². The molecule has 0 aromatic carbocycles. The van der Waals surface area contributed by atoms with Gasteiger partial charge >= 0.3 is 12.1 Å². The first-order chi connectivity index (χ1) is 7.67. The fourth-order valence-electron chi connectivity index (χ4n) is 2.08. The van der Waals surface area contributed by atoms with Gasteiger partial charge in [0.2, 0.25) is 5.54 Å². The molecule has 17 heavy (non-hydrogen) atoms. The number of rotatable bonds is 3. The van der Waals surface area contributed by atoms with Crippen molar-refractivity contribution in [3.8, 4) is 0 Å². The average molecular weight is 253 g/mol. The molecule has 0 aromatic rings. The molecule has 2 N–H and O–H groups in total. The number of hydrogen-bond acceptors (Lipinski definition) is 2. The van der Waals surface area contributed by atoms with Gasteiger partial charge in [0.05, 0.1) is 0 Å². The van der Waals surface area contributed by atoms with Gasteiger partial charge in [-0.15, -0.1) is 0 Å². The van der Waals surface area contributed by atoms with E-state index in [0.29, 0.717) is 25.7 Å². The Morgan fingerprint density at radius 1 is 1.24 bits per heavy atom. The molecule has 1 rings (SSSR count). The Labute approximate surface area is 98.4 Å². The molecule has 0 aliphatic heterocycles. The lowest BCUT2D eigenvalue weighted by Gasteiger charge is -2.36. The molecule has 6 heteroatoms. The van der Waals surface area contributed by atoms with Gasteiger partial charge in [0.25, 0.3) is 0 Å². The smallest absolute Gasteiger partial charge is 0.417 e. The van der Waals surface area contributed by atoms with Crippen LogP contribution in [0, 0.1) is 5.92 Å². The average Bonchev–Trinajstić information content (AvgIpc) is 2.19. The maximum Gasteiger partial charge on any atom is 0.417 e. The van der Waals surface area contributed by atoms with Crippen molar-refractivity contribution < 1.29 is 23.1 Å². The van der Waals surface area contributed by atoms with Crippen LogP contribution in [0.1, 0.15) is 39.5 Å². The van der Waals surface area contributed by atoms with Crippen molar-refractivity contribution in [3.05, 3.63) is 0 Å². The summed E-state index contributed by atoms with van der Waals surface area (Å²) in [4.78, 5) is 10.8. The summed E-state index contributed by atoms with van der Waals surface area (Å²) in [5.74, 6) is -1.36. The van der Waals surface area contributed by atoms with E-state index in [-0.39, 0.29) is 6.04 Å². The summed E-state index contributed by atoms with van der Waals surface area (Å²) in [5, 5.41) is 11.0. The first-order valence-corrected chi connectivity index (χ1v) is 5.74. The van der Waals surface area contributed by atoms with E-state index in [2.05, 4.69) is 12.2 Å². The Morgan fingerprint density at radius 2 is 1.71 bits per heavy atom. The second kappa shape index (κ2) is 4.84. The number of nitrogens with one attached hydrogen (secondary N) is 1. The lowest BCUT2D eigenvalue weighted by atomic mass is 9.85. The maximum atomic E-state index is 12.7. The van der Waals surface area contributed by atoms with Gasteiger partial charge in [-0.3, -0.25) is 5.32 Å². The quantitative estimate of drug-likeness (QED) is 0.812. The Hall–Kier alpha value is -0.780. The third kappa shape index (κ3) is 3.12. The number of carboxylic acids is 1. The summed E-state index contributed by atoms with van der Waals surface area (Å²) >= 11 is 0. The van der Waals surface area contributed by atoms with Crippen LogP contribution in [0.2, 0.25) is 0 Å². The minimum Gasteiger partial charge on any atom is -0.480 e. The summed E-state index contributed by atoms with van der Waals surface area (Å²) in [6.45, 7) is 2.74. The molecule has 1 aliphatic rings. The van der Waals surface area contributed by atoms with Crippen LogP contribution in [0.15, 0.2) is 0 Å². The summed E-state index contributed by atoms with van der Waals surface area (Å²) in [6, 6.07) is -0.367. The van der Waals surface area contributed by atoms with Crippen molar-refractivity contribution >= 4 is 5.97 Å². The number of carboxylic acid groups (broad SMARTS) is 1. The zero-order valence-corrected chi connectivity index (χ0v) is 9.97. The molecule has 1 fully saturated rings. The molecule has 1 saturated carbocycles. The molecular formula is C11H18F3NO2. The van der Waals surface area contributed by atoms with Crippen LogP contribution < -0.4 is 5.32 Å². The monoisotopic (exact) mass is 253 g/mol. The molecule has 100 valence electrons. The molecule has 0 radical (unpaired) electrons. The van der Waals surface area contributed by atoms with Crippen LogP contribution >= 0.6 is 0 Å². The Balaban J connectivity index is 2.72. The third-order valence-electron chi connectivity index (χ3n) is 3.50. The Kier molecular flexibility index (Phi) is 4.06. The molecule has 1 atom stereocenters. The second-order valence-electron chi connectivity index (χ2n) is 5.03. The highest BCUT2D eigenvalue weighted by molar-refractivity contribution is 5.79. The third-order valence-corrected chi connectivity index (χ3v) is 3.50. The first-order valence-electron chi connectivity index (χ1n) is 5.74. The van der Waals surface area contributed by atoms with Crippen molar-refractivity contribution in [2.45, 2.75) is 57.3 Å². The van der Waals surface area contributed by atoms with E-state index in [9.17, 15) is 18.0 Å². The highest BCUT2D eigenvalue weighted by Gasteiger charge is 2.58. The molecule has 0 heterocycles. The molecule has 1 unspecified atom stereocenters. The van der Waals surface area contributed by atoms with Gasteiger partial charge in [-0.2, -0.15) is 13.2 Å². The second-order valence-corrected chi connectivity index (χ2v) is 5.03. The summed E-state index contributed by atoms with van der Waals surface area (Å²) in [6.07, 6.45) is -1.92. The fraction of sp³-hybridized carbons (Fsp3) is 0.909. The number of aliphatic carboxylic acids is 1. The highest BCUT2D eigenvalue weighted by atomic mass is 19.4. The zero-order valence-electron chi connectivity index (χ0n) is 9.97. The van der Waals surface area contributed by atoms with Gasteiger partial charge < -0.3 is 5.11 Å². The van der Waals surface area contributed by atoms with E-state index in [1.165, 1.54) is 0 Å². The minimum absolute atomic E-state index is 0.367. The topological polar surface area (TPSA) is 49.3 Å². The first kappa shape index (κ1) is 14.3. The molecule has 0 spiro atoms. The van der Waals surface area contributed by atoms with E-state index in [0.717, 1.165) is 12.8 Å². The molecule has 0 amide bonds. The number of hydrogen-bond donors (Lipinski definition) is 2. The summed E-state index contributed by atoms with van der Waals surface area (Å²) in [5.41, 5.74) is -2.85. The van der Waals surface area contributed by atoms with Gasteiger partial charge in [-0.25, -0.2) is 4.79 Å². The van der Waals surface area contributed by atoms with E-state index in [1.54, 1.807) is 0 Å². The lowest BCUT2D eigenvalue weighted by Crippen LogP contribution is -2.63. The molecule has 0 aromatic heterocycles. The molecule has 3 nitrogen and oxygen atoms in total. The van der Waals surface area contributed by atoms with Gasteiger partial charge in [-0.05, 0) is 38.5 Å². The highest BCUT2D eigenvalue weighted by Crippen LogP contribution is 2.33. The molecule has 1 aliphatic carbocycles. The minimum atomic E-state index is -4.79. The molecule has 0 bridgehead atoms. The number of carbonyl (C=O) groups is 1. The summed E-state index contributed by atoms with van der Waals surface area (Å²) in [7, 11) is 0. The largest absolute Gasteiger partial charge is 0.480 e. The lowest BCUT2D eigenvalue weighted by molar-refractivity contribution is -0.208. The zero-order chi connectivity index (χ0) is 13.3. The Morgan fingerprint density at radius 3 is 2.06 bits per heavy atom. The van der Waals surface area contributed by atoms with Crippen LogP contribution in [-0.2, 0) is 4.79 Å². The standard InChI is InChI=1S/C11H18F3NO2/c1-7-3-5-8(6-4-7)15-10(2,9(16)17)11(12,13)14/h7-8,15H,3-6H2,1-2H3,(H,16,17). The number of alkyl halides is 3. The van der Waals surface area contributed by atoms with Crippen LogP contribution in [0.4, 0.5) is 13.2 Å². The van der Waals surface area contributed by atoms with Crippen LogP contribution in [-0.4, -0.2) is 28.8 Å². The van der Waals surface area contributed by atoms with E-state index >= 15 is 0 Å². The van der Waals surface area contributed by atoms with Crippen molar-refractivity contribution in [2.24, 2.45) is 5.92 Å². The van der Waals surface area contributed by atoms with Crippen molar-refractivity contribution in [1.82, 2.24) is 5.32 Å². The summed E-state index contributed by atoms with van der Waals surface area (Å²) < 4.78 is 38.2. The molecular weight excluding hydrogens is 235 g/mol. The van der Waals surface area contributed by atoms with Gasteiger partial charge in [0, 0.05) is 6.04 Å². The predicted octanol–water partition coefficient (Wildman–Crippen LogP) is 2.56. The van der Waals surface area contributed by atoms with Crippen molar-refractivity contribution in [2.75, 3.05) is 0 Å².